The summed E-state index contributed by atoms with van der Waals surface area (Å²) in [4.78, 5) is 0. The number of rotatable bonds is 2. The number of nitrogens with zero attached hydrogens (tertiary/aromatic N) is 2. The third kappa shape index (κ3) is 2.42. The Morgan fingerprint density at radius 1 is 0.771 bits per heavy atom. The zero-order valence-electron chi connectivity index (χ0n) is 20.8. The molecular weight excluding hydrogens is 424 g/mol. The summed E-state index contributed by atoms with van der Waals surface area (Å²) >= 11 is 0. The van der Waals surface area contributed by atoms with Crippen LogP contribution in [0.1, 0.15) is 54.8 Å². The van der Waals surface area contributed by atoms with Gasteiger partial charge in [-0.05, 0) is 63.4 Å². The number of benzene rings is 3. The van der Waals surface area contributed by atoms with E-state index < -0.39 is 0 Å². The van der Waals surface area contributed by atoms with Crippen LogP contribution in [-0.4, -0.2) is 9.78 Å². The second kappa shape index (κ2) is 6.95. The topological polar surface area (TPSA) is 17.8 Å². The Morgan fingerprint density at radius 2 is 1.31 bits per heavy atom. The molecule has 3 aliphatic carbocycles. The van der Waals surface area contributed by atoms with Gasteiger partial charge in [-0.3, -0.25) is 4.68 Å². The third-order valence-electron chi connectivity index (χ3n) is 9.06. The van der Waals surface area contributed by atoms with Crippen LogP contribution < -0.4 is 0 Å². The van der Waals surface area contributed by atoms with Crippen LogP contribution >= 0.6 is 0 Å². The molecule has 0 saturated carbocycles. The molecule has 0 fully saturated rings. The van der Waals surface area contributed by atoms with Gasteiger partial charge in [-0.2, -0.15) is 5.10 Å². The molecule has 4 aromatic rings. The van der Waals surface area contributed by atoms with Crippen molar-refractivity contribution in [2.24, 2.45) is 11.3 Å². The van der Waals surface area contributed by atoms with Crippen LogP contribution in [0.3, 0.4) is 0 Å². The van der Waals surface area contributed by atoms with Gasteiger partial charge in [0.15, 0.2) is 0 Å². The van der Waals surface area contributed by atoms with Gasteiger partial charge in [0.05, 0.1) is 11.5 Å². The van der Waals surface area contributed by atoms with Crippen LogP contribution in [-0.2, 0) is 5.41 Å². The molecule has 0 aliphatic heterocycles. The molecular formula is C33H30N2. The molecule has 3 aliphatic rings. The fraction of sp³-hybridized carbons (Fsp3) is 0.242. The lowest BCUT2D eigenvalue weighted by atomic mass is 9.63. The smallest absolute Gasteiger partial charge is 0.0799 e. The molecule has 2 nitrogen and oxygen atoms in total. The Bertz CT molecular complexity index is 1520. The van der Waals surface area contributed by atoms with Crippen molar-refractivity contribution in [2.75, 3.05) is 0 Å². The van der Waals surface area contributed by atoms with Gasteiger partial charge in [0, 0.05) is 17.3 Å². The van der Waals surface area contributed by atoms with Gasteiger partial charge in [0.25, 0.3) is 0 Å². The number of aryl methyl sites for hydroxylation is 1. The van der Waals surface area contributed by atoms with Crippen LogP contribution in [0.4, 0.5) is 0 Å². The highest BCUT2D eigenvalue weighted by Gasteiger charge is 2.56. The Labute approximate surface area is 207 Å². The minimum absolute atomic E-state index is 0.0636. The van der Waals surface area contributed by atoms with Crippen molar-refractivity contribution in [2.45, 2.75) is 39.2 Å². The minimum Gasteiger partial charge on any atom is -0.262 e. The molecule has 0 amide bonds. The first-order chi connectivity index (χ1) is 17.0. The van der Waals surface area contributed by atoms with Crippen molar-refractivity contribution < 1.29 is 0 Å². The second-order valence-corrected chi connectivity index (χ2v) is 10.9. The van der Waals surface area contributed by atoms with Gasteiger partial charge >= 0.3 is 0 Å². The molecule has 3 aromatic carbocycles. The maximum Gasteiger partial charge on any atom is 0.0799 e. The fourth-order valence-corrected chi connectivity index (χ4v) is 6.97. The summed E-state index contributed by atoms with van der Waals surface area (Å²) < 4.78 is 2.24. The first-order valence-electron chi connectivity index (χ1n) is 12.7. The maximum absolute atomic E-state index is 4.83. The lowest BCUT2D eigenvalue weighted by Crippen LogP contribution is -2.37. The van der Waals surface area contributed by atoms with Gasteiger partial charge in [0.2, 0.25) is 0 Å². The predicted octanol–water partition coefficient (Wildman–Crippen LogP) is 7.75. The van der Waals surface area contributed by atoms with Crippen LogP contribution in [0.5, 0.6) is 0 Å². The van der Waals surface area contributed by atoms with Gasteiger partial charge < -0.3 is 0 Å². The van der Waals surface area contributed by atoms with E-state index in [-0.39, 0.29) is 16.9 Å². The Kier molecular flexibility index (Phi) is 4.11. The maximum atomic E-state index is 4.83. The minimum atomic E-state index is -0.298. The number of allylic oxidation sites excluding steroid dienone is 4. The molecule has 0 bridgehead atoms. The number of hydrogen-bond donors (Lipinski definition) is 0. The van der Waals surface area contributed by atoms with Crippen LogP contribution in [0.15, 0.2) is 103 Å². The summed E-state index contributed by atoms with van der Waals surface area (Å²) in [6.07, 6.45) is 7.08. The number of hydrogen-bond acceptors (Lipinski definition) is 1. The zero-order chi connectivity index (χ0) is 23.9. The van der Waals surface area contributed by atoms with Crippen molar-refractivity contribution in [3.05, 3.63) is 131 Å². The Hall–Kier alpha value is -3.65. The quantitative estimate of drug-likeness (QED) is 0.303. The standard InChI is InChI=1S/C33H30N2/c1-21(2)32(4)20-26-25-13-7-10-16-29(25)33(30(26)19-31(32)35-22(3)17-18-34-35)27-14-8-5-11-23(27)24-12-6-9-15-28(24)33/h5-21,31H,1-4H3. The molecule has 172 valence electrons. The highest BCUT2D eigenvalue weighted by molar-refractivity contribution is 6.00. The van der Waals surface area contributed by atoms with Crippen molar-refractivity contribution >= 4 is 5.57 Å². The number of aromatic nitrogens is 2. The van der Waals surface area contributed by atoms with Crippen molar-refractivity contribution in [1.29, 1.82) is 0 Å². The molecule has 1 heterocycles. The molecule has 1 spiro atoms. The largest absolute Gasteiger partial charge is 0.262 e. The fourth-order valence-electron chi connectivity index (χ4n) is 6.97. The van der Waals surface area contributed by atoms with Gasteiger partial charge in [-0.1, -0.05) is 106 Å². The summed E-state index contributed by atoms with van der Waals surface area (Å²) in [5.41, 5.74) is 11.9. The van der Waals surface area contributed by atoms with E-state index in [9.17, 15) is 0 Å². The first kappa shape index (κ1) is 20.7. The molecule has 2 heteroatoms. The monoisotopic (exact) mass is 454 g/mol. The molecule has 0 N–H and O–H groups in total. The number of fused-ring (bicyclic) bond motifs is 10. The van der Waals surface area contributed by atoms with E-state index in [2.05, 4.69) is 123 Å². The van der Waals surface area contributed by atoms with Gasteiger partial charge in [-0.15, -0.1) is 0 Å². The molecule has 2 atom stereocenters. The molecule has 35 heavy (non-hydrogen) atoms. The van der Waals surface area contributed by atoms with E-state index in [1.807, 2.05) is 6.20 Å². The molecule has 7 rings (SSSR count). The van der Waals surface area contributed by atoms with Crippen molar-refractivity contribution in [1.82, 2.24) is 9.78 Å². The molecule has 2 unspecified atom stereocenters. The van der Waals surface area contributed by atoms with Gasteiger partial charge in [-0.25, -0.2) is 0 Å². The van der Waals surface area contributed by atoms with Gasteiger partial charge in [0.1, 0.15) is 0 Å². The van der Waals surface area contributed by atoms with E-state index in [0.29, 0.717) is 5.92 Å². The lowest BCUT2D eigenvalue weighted by Gasteiger charge is -2.43. The van der Waals surface area contributed by atoms with E-state index in [4.69, 9.17) is 5.10 Å². The summed E-state index contributed by atoms with van der Waals surface area (Å²) in [5, 5.41) is 4.83. The van der Waals surface area contributed by atoms with Crippen molar-refractivity contribution in [3.63, 3.8) is 0 Å². The normalized spacial score (nSPS) is 22.9. The third-order valence-corrected chi connectivity index (χ3v) is 9.06. The van der Waals surface area contributed by atoms with E-state index in [1.54, 1.807) is 0 Å². The summed E-state index contributed by atoms with van der Waals surface area (Å²) in [5.74, 6) is 0.452. The van der Waals surface area contributed by atoms with Crippen LogP contribution in [0.2, 0.25) is 0 Å². The highest BCUT2D eigenvalue weighted by atomic mass is 15.3. The SMILES string of the molecule is Cc1ccnn1C1C=C2C(=CC1(C)C(C)C)c1ccccc1C21c2ccccc2-c2ccccc21. The second-order valence-electron chi connectivity index (χ2n) is 10.9. The average Bonchev–Trinajstić information content (AvgIpc) is 3.51. The molecule has 0 radical (unpaired) electrons. The van der Waals surface area contributed by atoms with E-state index >= 15 is 0 Å². The molecule has 0 saturated heterocycles. The highest BCUT2D eigenvalue weighted by Crippen LogP contribution is 2.66. The summed E-state index contributed by atoms with van der Waals surface area (Å²) in [7, 11) is 0. The lowest BCUT2D eigenvalue weighted by molar-refractivity contribution is 0.200. The summed E-state index contributed by atoms with van der Waals surface area (Å²) in [6, 6.07) is 29.4. The average molecular weight is 455 g/mol. The van der Waals surface area contributed by atoms with Crippen LogP contribution in [0, 0.1) is 18.3 Å². The van der Waals surface area contributed by atoms with E-state index in [1.165, 1.54) is 50.2 Å². The Morgan fingerprint density at radius 3 is 1.86 bits per heavy atom. The van der Waals surface area contributed by atoms with E-state index in [0.717, 1.165) is 0 Å². The predicted molar refractivity (Wildman–Crippen MR) is 143 cm³/mol. The van der Waals surface area contributed by atoms with Crippen LogP contribution in [0.25, 0.3) is 16.7 Å². The first-order valence-corrected chi connectivity index (χ1v) is 12.7. The molecule has 1 aromatic heterocycles. The zero-order valence-corrected chi connectivity index (χ0v) is 20.8. The van der Waals surface area contributed by atoms with Crippen molar-refractivity contribution in [3.8, 4) is 11.1 Å². The Balaban J connectivity index is 1.62. The summed E-state index contributed by atoms with van der Waals surface area (Å²) in [6.45, 7) is 9.27.